The van der Waals surface area contributed by atoms with Gasteiger partial charge in [0.05, 0.1) is 38.4 Å². The third-order valence-corrected chi connectivity index (χ3v) is 8.75. The molecule has 1 aliphatic rings. The predicted molar refractivity (Wildman–Crippen MR) is 215 cm³/mol. The number of benzene rings is 9. The number of rotatable bonds is 3. The standard InChI is InChI=1S/C50H32O/c1-30-35-15-4-5-17-38(35)45-29-33(25-26-36(30)45)32-13-10-14-34(28-32)47-39-18-6-8-20-41(39)48(42-21-9-7-19-40(42)47)43-22-11-23-46-49(43)44-27-24-31-12-2-3-16-37(31)50(44)51-46/h2-30H,1H3/i1D3,2D,3D,4D,5D,6D,7D,8D,9D,10D,11D,12D,13D,14D,15D,16D,17D,18D,19D,20D,21D,22D,23D,24D,25D,26D,27D,28D,29D,30D. The van der Waals surface area contributed by atoms with E-state index in [2.05, 4.69) is 0 Å². The van der Waals surface area contributed by atoms with Crippen LogP contribution in [-0.4, -0.2) is 0 Å². The van der Waals surface area contributed by atoms with Gasteiger partial charge in [-0.1, -0.05) is 152 Å². The molecule has 1 unspecified atom stereocenters. The van der Waals surface area contributed by atoms with Gasteiger partial charge in [-0.15, -0.1) is 0 Å². The van der Waals surface area contributed by atoms with Gasteiger partial charge in [-0.3, -0.25) is 0 Å². The van der Waals surface area contributed by atoms with Crippen LogP contribution < -0.4 is 0 Å². The molecule has 0 bridgehead atoms. The molecule has 1 nitrogen and oxygen atoms in total. The highest BCUT2D eigenvalue weighted by atomic mass is 16.3. The van der Waals surface area contributed by atoms with Crippen LogP contribution in [0.15, 0.2) is 174 Å². The van der Waals surface area contributed by atoms with Gasteiger partial charge in [-0.2, -0.15) is 0 Å². The molecular formula is C50H32O. The fourth-order valence-corrected chi connectivity index (χ4v) is 6.59. The van der Waals surface area contributed by atoms with Crippen LogP contribution >= 0.6 is 0 Å². The van der Waals surface area contributed by atoms with E-state index in [-0.39, 0.29) is 0 Å². The van der Waals surface area contributed by atoms with Crippen molar-refractivity contribution in [3.8, 4) is 44.5 Å². The minimum absolute atomic E-state index is 0.496. The first-order valence-corrected chi connectivity index (χ1v) is 15.2. The summed E-state index contributed by atoms with van der Waals surface area (Å²) in [5, 5.41) is -5.48. The Morgan fingerprint density at radius 2 is 1.10 bits per heavy atom. The first-order chi connectivity index (χ1) is 38.5. The Bertz CT molecular complexity index is 4740. The zero-order valence-electron chi connectivity index (χ0n) is 57.4. The summed E-state index contributed by atoms with van der Waals surface area (Å²) < 4.78 is 297. The first-order valence-electron chi connectivity index (χ1n) is 31.2. The Hall–Kier alpha value is -6.44. The molecular weight excluding hydrogens is 617 g/mol. The molecule has 0 N–H and O–H groups in total. The number of fused-ring (bicyclic) bond motifs is 10. The van der Waals surface area contributed by atoms with Gasteiger partial charge in [-0.25, -0.2) is 0 Å². The summed E-state index contributed by atoms with van der Waals surface area (Å²) >= 11 is 0. The van der Waals surface area contributed by atoms with Crippen molar-refractivity contribution in [2.75, 3.05) is 0 Å². The van der Waals surface area contributed by atoms with Gasteiger partial charge in [0.1, 0.15) is 11.2 Å². The maximum Gasteiger partial charge on any atom is 0.143 e. The van der Waals surface area contributed by atoms with E-state index in [1.165, 1.54) is 0 Å². The molecule has 0 aliphatic heterocycles. The van der Waals surface area contributed by atoms with Crippen molar-refractivity contribution >= 4 is 54.3 Å². The van der Waals surface area contributed by atoms with E-state index in [0.29, 0.717) is 0 Å². The van der Waals surface area contributed by atoms with Crippen molar-refractivity contribution < 1.29 is 48.3 Å². The van der Waals surface area contributed by atoms with Crippen molar-refractivity contribution in [3.63, 3.8) is 0 Å². The van der Waals surface area contributed by atoms with Crippen LogP contribution in [0.1, 0.15) is 67.7 Å². The van der Waals surface area contributed by atoms with Gasteiger partial charge in [-0.05, 0) is 107 Å². The van der Waals surface area contributed by atoms with Gasteiger partial charge in [0.2, 0.25) is 0 Å². The molecule has 0 fully saturated rings. The van der Waals surface area contributed by atoms with Crippen LogP contribution in [0, 0.1) is 0 Å². The normalized spacial score (nSPS) is 24.3. The zero-order chi connectivity index (χ0) is 61.4. The summed E-state index contributed by atoms with van der Waals surface area (Å²) in [4.78, 5) is 0. The Balaban J connectivity index is 1.40. The van der Waals surface area contributed by atoms with Gasteiger partial charge >= 0.3 is 0 Å². The van der Waals surface area contributed by atoms with E-state index in [9.17, 15) is 19.2 Å². The highest BCUT2D eigenvalue weighted by molar-refractivity contribution is 6.27. The van der Waals surface area contributed by atoms with Crippen molar-refractivity contribution in [1.29, 1.82) is 0 Å². The Morgan fingerprint density at radius 1 is 0.471 bits per heavy atom. The van der Waals surface area contributed by atoms with E-state index in [1.807, 2.05) is 0 Å². The molecule has 0 saturated heterocycles. The Labute approximate surface area is 341 Å². The molecule has 238 valence electrons. The lowest BCUT2D eigenvalue weighted by atomic mass is 9.84. The van der Waals surface area contributed by atoms with Gasteiger partial charge < -0.3 is 4.42 Å². The molecule has 1 atom stereocenters. The second kappa shape index (κ2) is 10.8. The average Bonchev–Trinajstić information content (AvgIpc) is 1.72. The predicted octanol–water partition coefficient (Wildman–Crippen LogP) is 14.2. The lowest BCUT2D eigenvalue weighted by Crippen LogP contribution is -1.92. The van der Waals surface area contributed by atoms with Crippen LogP contribution in [-0.2, 0) is 0 Å². The Morgan fingerprint density at radius 3 is 1.90 bits per heavy atom. The summed E-state index contributed by atoms with van der Waals surface area (Å²) in [6.45, 7) is -3.58. The molecule has 9 aromatic carbocycles. The summed E-state index contributed by atoms with van der Waals surface area (Å²) in [7, 11) is 0. The minimum atomic E-state index is -3.58. The number of hydrogen-bond acceptors (Lipinski definition) is 1. The Kier molecular flexibility index (Phi) is 2.38. The molecule has 1 aliphatic carbocycles. The molecule has 0 spiro atoms. The van der Waals surface area contributed by atoms with Gasteiger partial charge in [0.25, 0.3) is 0 Å². The number of hydrogen-bond donors (Lipinski definition) is 0. The van der Waals surface area contributed by atoms with E-state index in [0.717, 1.165) is 0 Å². The lowest BCUT2D eigenvalue weighted by molar-refractivity contribution is 0.673. The van der Waals surface area contributed by atoms with Gasteiger partial charge in [0, 0.05) is 27.5 Å². The van der Waals surface area contributed by atoms with Crippen molar-refractivity contribution in [3.05, 3.63) is 180 Å². The summed E-state index contributed by atoms with van der Waals surface area (Å²) in [5.74, 6) is -3.26. The quantitative estimate of drug-likeness (QED) is 0.169. The highest BCUT2D eigenvalue weighted by Crippen LogP contribution is 2.49. The smallest absolute Gasteiger partial charge is 0.143 e. The average molecular weight is 681 g/mol. The minimum Gasteiger partial charge on any atom is -0.455 e. The summed E-state index contributed by atoms with van der Waals surface area (Å²) in [6.07, 6.45) is 0. The maximum absolute atomic E-state index is 10.00. The lowest BCUT2D eigenvalue weighted by Gasteiger charge is -2.19. The van der Waals surface area contributed by atoms with Crippen LogP contribution in [0.3, 0.4) is 0 Å². The molecule has 0 amide bonds. The molecule has 10 aromatic rings. The molecule has 0 saturated carbocycles. The largest absolute Gasteiger partial charge is 0.455 e. The van der Waals surface area contributed by atoms with Gasteiger partial charge in [0.15, 0.2) is 0 Å². The molecule has 11 rings (SSSR count). The van der Waals surface area contributed by atoms with E-state index in [1.54, 1.807) is 0 Å². The molecule has 51 heavy (non-hydrogen) atoms. The van der Waals surface area contributed by atoms with Crippen LogP contribution in [0.25, 0.3) is 98.8 Å². The van der Waals surface area contributed by atoms with Crippen molar-refractivity contribution in [1.82, 2.24) is 0 Å². The van der Waals surface area contributed by atoms with Crippen LogP contribution in [0.2, 0.25) is 0 Å². The monoisotopic (exact) mass is 680 g/mol. The second-order valence-electron chi connectivity index (χ2n) is 11.4. The SMILES string of the molecule is [2H]c1c([2H])c(-c2c([2H])c([2H])c3c(c2[2H])-c2c([2H])c([2H])c([2H])c([2H])c2C3([2H])C([2H])([2H])[2H])c([2H])c(-c2c3c([2H])c([2H])c([2H])c([2H])c3c(-c3c([2H])c([2H])c([2H])c4oc5c6c([2H])c([2H])c([2H])c([2H])c6c([2H])c([2H])c5c34)c3c([2H])c([2H])c([2H])c([2H])c23)c1[2H]. The van der Waals surface area contributed by atoms with Crippen LogP contribution in [0.4, 0.5) is 0 Å². The third kappa shape index (κ3) is 4.09. The maximum atomic E-state index is 10.00. The first kappa shape index (κ1) is 11.3. The summed E-state index contributed by atoms with van der Waals surface area (Å²) in [5.41, 5.74) is -10.1. The van der Waals surface area contributed by atoms with E-state index in [4.69, 9.17) is 29.1 Å². The zero-order valence-corrected chi connectivity index (χ0v) is 25.4. The van der Waals surface area contributed by atoms with Crippen LogP contribution in [0.5, 0.6) is 0 Å². The third-order valence-electron chi connectivity index (χ3n) is 8.75. The van der Waals surface area contributed by atoms with Crippen molar-refractivity contribution in [2.45, 2.75) is 12.7 Å². The highest BCUT2D eigenvalue weighted by Gasteiger charge is 2.25. The fraction of sp³-hybridized carbons (Fsp3) is 0.0400. The topological polar surface area (TPSA) is 13.1 Å². The van der Waals surface area contributed by atoms with E-state index >= 15 is 0 Å². The number of furan rings is 1. The fourth-order valence-electron chi connectivity index (χ4n) is 6.59. The second-order valence-corrected chi connectivity index (χ2v) is 11.4. The molecule has 0 radical (unpaired) electrons. The molecule has 1 heterocycles. The molecule has 1 aromatic heterocycles. The summed E-state index contributed by atoms with van der Waals surface area (Å²) in [6, 6.07) is -28.6. The van der Waals surface area contributed by atoms with Crippen molar-refractivity contribution in [2.24, 2.45) is 0 Å². The van der Waals surface area contributed by atoms with E-state index < -0.39 is 292 Å². The molecule has 1 heteroatoms.